The van der Waals surface area contributed by atoms with Crippen LogP contribution in [0.1, 0.15) is 93.5 Å². The molecule has 0 saturated heterocycles. The van der Waals surface area contributed by atoms with Gasteiger partial charge in [0.05, 0.1) is 17.9 Å². The van der Waals surface area contributed by atoms with Gasteiger partial charge in [-0.25, -0.2) is 14.3 Å². The molecule has 10 nitrogen and oxygen atoms in total. The van der Waals surface area contributed by atoms with Crippen LogP contribution >= 0.6 is 0 Å². The number of nitrogens with zero attached hydrogens (tertiary/aromatic N) is 5. The summed E-state index contributed by atoms with van der Waals surface area (Å²) in [7, 11) is 0. The molecule has 3 N–H and O–H groups in total. The van der Waals surface area contributed by atoms with Crippen LogP contribution in [0.5, 0.6) is 0 Å². The number of aromatic nitrogens is 5. The van der Waals surface area contributed by atoms with Crippen molar-refractivity contribution in [3.05, 3.63) is 59.2 Å². The van der Waals surface area contributed by atoms with E-state index < -0.39 is 11.7 Å². The van der Waals surface area contributed by atoms with Gasteiger partial charge in [-0.15, -0.1) is 5.10 Å². The first-order chi connectivity index (χ1) is 18.6. The van der Waals surface area contributed by atoms with Gasteiger partial charge < -0.3 is 15.8 Å². The lowest BCUT2D eigenvalue weighted by Crippen LogP contribution is -2.27. The number of hydrogen-bond acceptors (Lipinski definition) is 7. The normalized spacial score (nSPS) is 11.5. The third-order valence-electron chi connectivity index (χ3n) is 6.24. The number of rotatable bonds is 14. The van der Waals surface area contributed by atoms with Crippen LogP contribution in [-0.2, 0) is 30.5 Å². The Morgan fingerprint density at radius 1 is 0.949 bits per heavy atom. The van der Waals surface area contributed by atoms with Crippen LogP contribution in [0.3, 0.4) is 0 Å². The summed E-state index contributed by atoms with van der Waals surface area (Å²) >= 11 is 0. The van der Waals surface area contributed by atoms with E-state index >= 15 is 0 Å². The predicted octanol–water partition coefficient (Wildman–Crippen LogP) is 4.96. The van der Waals surface area contributed by atoms with Crippen molar-refractivity contribution in [2.45, 2.75) is 97.6 Å². The van der Waals surface area contributed by atoms with E-state index in [9.17, 15) is 9.59 Å². The molecule has 2 aromatic heterocycles. The van der Waals surface area contributed by atoms with E-state index in [1.165, 1.54) is 29.4 Å². The van der Waals surface area contributed by atoms with Gasteiger partial charge in [-0.2, -0.15) is 0 Å². The molecule has 1 aromatic carbocycles. The van der Waals surface area contributed by atoms with Crippen molar-refractivity contribution in [1.82, 2.24) is 29.9 Å². The first-order valence-corrected chi connectivity index (χ1v) is 14.0. The van der Waals surface area contributed by atoms with Crippen LogP contribution in [0.4, 0.5) is 10.7 Å². The third-order valence-corrected chi connectivity index (χ3v) is 6.24. The number of hydrogen-bond donors (Lipinski definition) is 2. The summed E-state index contributed by atoms with van der Waals surface area (Å²) in [6.07, 6.45) is 12.2. The molecule has 0 aliphatic heterocycles. The summed E-state index contributed by atoms with van der Waals surface area (Å²) in [5.41, 5.74) is 8.94. The number of anilines is 1. The quantitative estimate of drug-likeness (QED) is 0.278. The number of carbonyl (C=O) groups excluding carboxylic acids is 2. The maximum atomic E-state index is 12.4. The number of nitrogens with two attached hydrogens (primary N) is 1. The van der Waals surface area contributed by atoms with Gasteiger partial charge in [-0.1, -0.05) is 43.5 Å². The molecule has 39 heavy (non-hydrogen) atoms. The highest BCUT2D eigenvalue weighted by Crippen LogP contribution is 2.15. The fourth-order valence-corrected chi connectivity index (χ4v) is 4.16. The molecule has 3 rings (SSSR count). The summed E-state index contributed by atoms with van der Waals surface area (Å²) in [5, 5.41) is 11.4. The zero-order valence-corrected chi connectivity index (χ0v) is 23.8. The Kier molecular flexibility index (Phi) is 11.1. The average molecular weight is 538 g/mol. The van der Waals surface area contributed by atoms with Gasteiger partial charge in [0.15, 0.2) is 0 Å². The van der Waals surface area contributed by atoms with Crippen LogP contribution in [0.2, 0.25) is 0 Å². The standard InChI is InChI=1S/C29H43N7O3/c1-5-6-8-11-22-14-16-23(17-15-22)26(37)31-18-19-35-20-25(33-34-35)13-10-7-9-12-24-21-36(27(30)32-24)28(38)39-29(2,3)4/h14-17,20-21H,5-13,18-19H2,1-4H3,(H2,30,32)(H,31,37). The minimum Gasteiger partial charge on any atom is -0.443 e. The third kappa shape index (κ3) is 10.2. The van der Waals surface area contributed by atoms with Crippen molar-refractivity contribution in [2.24, 2.45) is 0 Å². The maximum Gasteiger partial charge on any atom is 0.421 e. The van der Waals surface area contributed by atoms with Crippen molar-refractivity contribution in [2.75, 3.05) is 12.3 Å². The molecule has 10 heteroatoms. The van der Waals surface area contributed by atoms with E-state index in [-0.39, 0.29) is 11.9 Å². The zero-order valence-electron chi connectivity index (χ0n) is 23.8. The second-order valence-corrected chi connectivity index (χ2v) is 10.9. The van der Waals surface area contributed by atoms with Crippen molar-refractivity contribution >= 4 is 17.9 Å². The van der Waals surface area contributed by atoms with Crippen LogP contribution in [-0.4, -0.2) is 48.7 Å². The molecule has 0 atom stereocenters. The Balaban J connectivity index is 1.32. The second kappa shape index (κ2) is 14.5. The minimum absolute atomic E-state index is 0.0758. The maximum absolute atomic E-state index is 12.4. The Morgan fingerprint density at radius 3 is 2.33 bits per heavy atom. The molecule has 0 saturated carbocycles. The van der Waals surface area contributed by atoms with E-state index in [2.05, 4.69) is 27.5 Å². The van der Waals surface area contributed by atoms with Gasteiger partial charge in [0, 0.05) is 24.5 Å². The summed E-state index contributed by atoms with van der Waals surface area (Å²) in [5.74, 6) is 0.0656. The Labute approximate surface area is 231 Å². The smallest absolute Gasteiger partial charge is 0.421 e. The Morgan fingerprint density at radius 2 is 1.64 bits per heavy atom. The highest BCUT2D eigenvalue weighted by molar-refractivity contribution is 5.94. The van der Waals surface area contributed by atoms with Crippen LogP contribution in [0.15, 0.2) is 36.7 Å². The first kappa shape index (κ1) is 29.9. The number of unbranched alkanes of at least 4 members (excludes halogenated alkanes) is 4. The summed E-state index contributed by atoms with van der Waals surface area (Å²) < 4.78 is 8.37. The average Bonchev–Trinajstić information content (AvgIpc) is 3.49. The summed E-state index contributed by atoms with van der Waals surface area (Å²) in [4.78, 5) is 28.9. The Hall–Kier alpha value is -3.69. The molecule has 2 heterocycles. The first-order valence-electron chi connectivity index (χ1n) is 14.0. The van der Waals surface area contributed by atoms with Crippen LogP contribution in [0, 0.1) is 0 Å². The molecular weight excluding hydrogens is 494 g/mol. The van der Waals surface area contributed by atoms with E-state index in [1.807, 2.05) is 51.2 Å². The molecule has 0 unspecified atom stereocenters. The van der Waals surface area contributed by atoms with Gasteiger partial charge >= 0.3 is 6.09 Å². The fraction of sp³-hybridized carbons (Fsp3) is 0.552. The van der Waals surface area contributed by atoms with Crippen molar-refractivity contribution in [1.29, 1.82) is 0 Å². The number of benzene rings is 1. The lowest BCUT2D eigenvalue weighted by atomic mass is 10.1. The number of nitrogens with one attached hydrogen (secondary N) is 1. The second-order valence-electron chi connectivity index (χ2n) is 10.9. The summed E-state index contributed by atoms with van der Waals surface area (Å²) in [6.45, 7) is 8.68. The van der Waals surface area contributed by atoms with Crippen molar-refractivity contribution in [3.63, 3.8) is 0 Å². The van der Waals surface area contributed by atoms with Gasteiger partial charge in [-0.3, -0.25) is 9.48 Å². The van der Waals surface area contributed by atoms with Crippen molar-refractivity contribution < 1.29 is 14.3 Å². The molecule has 0 radical (unpaired) electrons. The van der Waals surface area contributed by atoms with Gasteiger partial charge in [0.2, 0.25) is 5.95 Å². The molecule has 0 aliphatic carbocycles. The number of carbonyl (C=O) groups is 2. The number of ether oxygens (including phenoxy) is 1. The zero-order chi connectivity index (χ0) is 28.3. The van der Waals surface area contributed by atoms with Crippen LogP contribution < -0.4 is 11.1 Å². The fourth-order valence-electron chi connectivity index (χ4n) is 4.16. The van der Waals surface area contributed by atoms with Gasteiger partial charge in [0.1, 0.15) is 5.60 Å². The molecule has 0 spiro atoms. The minimum atomic E-state index is -0.593. The lowest BCUT2D eigenvalue weighted by Gasteiger charge is -2.19. The number of imidazole rings is 1. The number of nitrogen functional groups attached to an aromatic ring is 1. The largest absolute Gasteiger partial charge is 0.443 e. The molecule has 0 aliphatic rings. The Bertz CT molecular complexity index is 1190. The van der Waals surface area contributed by atoms with E-state index in [1.54, 1.807) is 10.9 Å². The highest BCUT2D eigenvalue weighted by Gasteiger charge is 2.20. The molecule has 0 fully saturated rings. The highest BCUT2D eigenvalue weighted by atomic mass is 16.6. The number of aryl methyl sites for hydroxylation is 3. The van der Waals surface area contributed by atoms with Gasteiger partial charge in [0.25, 0.3) is 5.91 Å². The van der Waals surface area contributed by atoms with Crippen LogP contribution in [0.25, 0.3) is 0 Å². The monoisotopic (exact) mass is 537 g/mol. The molecule has 212 valence electrons. The van der Waals surface area contributed by atoms with E-state index in [0.717, 1.165) is 49.9 Å². The summed E-state index contributed by atoms with van der Waals surface area (Å²) in [6, 6.07) is 7.87. The van der Waals surface area contributed by atoms with E-state index in [4.69, 9.17) is 10.5 Å². The lowest BCUT2D eigenvalue weighted by molar-refractivity contribution is 0.0540. The van der Waals surface area contributed by atoms with E-state index in [0.29, 0.717) is 18.7 Å². The molecular formula is C29H43N7O3. The van der Waals surface area contributed by atoms with Gasteiger partial charge in [-0.05, 0) is 77.0 Å². The topological polar surface area (TPSA) is 130 Å². The molecule has 1 amide bonds. The van der Waals surface area contributed by atoms with Crippen molar-refractivity contribution in [3.8, 4) is 0 Å². The number of amides is 1. The molecule has 3 aromatic rings. The predicted molar refractivity (Wildman–Crippen MR) is 152 cm³/mol. The SMILES string of the molecule is CCCCCc1ccc(C(=O)NCCn2cc(CCCCCc3cn(C(=O)OC(C)(C)C)c(N)n3)nn2)cc1. The molecule has 0 bridgehead atoms.